The number of rotatable bonds is 1. The van der Waals surface area contributed by atoms with Crippen LogP contribution in [-0.4, -0.2) is 9.55 Å². The van der Waals surface area contributed by atoms with E-state index >= 15 is 0 Å². The SMILES string of the molecule is Cn1c(=O)oc2cc(-c3coc(N)n3)ccc21. The molecule has 6 nitrogen and oxygen atoms in total. The van der Waals surface area contributed by atoms with Gasteiger partial charge in [-0.3, -0.25) is 4.57 Å². The monoisotopic (exact) mass is 231 g/mol. The molecule has 3 aromatic rings. The van der Waals surface area contributed by atoms with Crippen LogP contribution in [0.2, 0.25) is 0 Å². The van der Waals surface area contributed by atoms with E-state index in [0.29, 0.717) is 11.3 Å². The molecule has 0 amide bonds. The second-order valence-electron chi connectivity index (χ2n) is 3.68. The van der Waals surface area contributed by atoms with Crippen molar-refractivity contribution in [3.63, 3.8) is 0 Å². The van der Waals surface area contributed by atoms with Crippen molar-refractivity contribution in [1.82, 2.24) is 9.55 Å². The summed E-state index contributed by atoms with van der Waals surface area (Å²) in [6.07, 6.45) is 1.46. The zero-order chi connectivity index (χ0) is 12.0. The summed E-state index contributed by atoms with van der Waals surface area (Å²) in [7, 11) is 1.65. The van der Waals surface area contributed by atoms with E-state index in [9.17, 15) is 4.79 Å². The van der Waals surface area contributed by atoms with Crippen LogP contribution >= 0.6 is 0 Å². The Morgan fingerprint density at radius 1 is 1.41 bits per heavy atom. The Balaban J connectivity index is 2.23. The Morgan fingerprint density at radius 2 is 2.24 bits per heavy atom. The van der Waals surface area contributed by atoms with Crippen molar-refractivity contribution in [2.45, 2.75) is 0 Å². The molecular weight excluding hydrogens is 222 g/mol. The number of anilines is 1. The molecule has 0 unspecified atom stereocenters. The van der Waals surface area contributed by atoms with Crippen LogP contribution in [0.5, 0.6) is 0 Å². The van der Waals surface area contributed by atoms with Gasteiger partial charge in [-0.15, -0.1) is 0 Å². The van der Waals surface area contributed by atoms with Gasteiger partial charge in [0, 0.05) is 12.6 Å². The summed E-state index contributed by atoms with van der Waals surface area (Å²) in [4.78, 5) is 15.3. The fourth-order valence-electron chi connectivity index (χ4n) is 1.71. The molecule has 0 fully saturated rings. The molecule has 2 heterocycles. The number of aromatic nitrogens is 2. The van der Waals surface area contributed by atoms with Crippen molar-refractivity contribution in [3.05, 3.63) is 35.0 Å². The molecule has 6 heteroatoms. The van der Waals surface area contributed by atoms with Crippen molar-refractivity contribution in [3.8, 4) is 11.3 Å². The molecule has 0 saturated carbocycles. The molecule has 0 radical (unpaired) electrons. The van der Waals surface area contributed by atoms with E-state index in [4.69, 9.17) is 14.6 Å². The number of hydrogen-bond acceptors (Lipinski definition) is 5. The molecule has 0 atom stereocenters. The molecule has 0 aliphatic rings. The van der Waals surface area contributed by atoms with Crippen molar-refractivity contribution in [2.75, 3.05) is 5.73 Å². The number of fused-ring (bicyclic) bond motifs is 1. The van der Waals surface area contributed by atoms with Gasteiger partial charge >= 0.3 is 5.76 Å². The van der Waals surface area contributed by atoms with Crippen LogP contribution < -0.4 is 11.5 Å². The number of nitrogens with two attached hydrogens (primary N) is 1. The number of aryl methyl sites for hydroxylation is 1. The molecule has 0 aliphatic carbocycles. The van der Waals surface area contributed by atoms with Gasteiger partial charge in [0.2, 0.25) is 0 Å². The fraction of sp³-hybridized carbons (Fsp3) is 0.0909. The molecule has 0 aliphatic heterocycles. The first-order valence-corrected chi connectivity index (χ1v) is 4.96. The number of hydrogen-bond donors (Lipinski definition) is 1. The van der Waals surface area contributed by atoms with Gasteiger partial charge in [-0.2, -0.15) is 4.98 Å². The van der Waals surface area contributed by atoms with Gasteiger partial charge in [0.15, 0.2) is 5.58 Å². The quantitative estimate of drug-likeness (QED) is 0.683. The molecule has 0 saturated heterocycles. The standard InChI is InChI=1S/C11H9N3O3/c1-14-8-3-2-6(4-9(8)17-11(14)15)7-5-16-10(12)13-7/h2-5H,1H3,(H2,12,13). The molecule has 86 valence electrons. The second kappa shape index (κ2) is 3.24. The number of nitrogen functional groups attached to an aromatic ring is 1. The number of nitrogens with zero attached hydrogens (tertiary/aromatic N) is 2. The Kier molecular flexibility index (Phi) is 1.85. The van der Waals surface area contributed by atoms with Crippen LogP contribution in [0.15, 0.2) is 38.1 Å². The summed E-state index contributed by atoms with van der Waals surface area (Å²) >= 11 is 0. The smallest absolute Gasteiger partial charge is 0.419 e. The Hall–Kier alpha value is -2.50. The minimum atomic E-state index is -0.392. The zero-order valence-corrected chi connectivity index (χ0v) is 9.01. The lowest BCUT2D eigenvalue weighted by Gasteiger charge is -1.95. The van der Waals surface area contributed by atoms with Gasteiger partial charge in [-0.1, -0.05) is 6.07 Å². The summed E-state index contributed by atoms with van der Waals surface area (Å²) in [5.74, 6) is -0.392. The summed E-state index contributed by atoms with van der Waals surface area (Å²) in [6.45, 7) is 0. The molecule has 0 spiro atoms. The van der Waals surface area contributed by atoms with Gasteiger partial charge < -0.3 is 14.6 Å². The highest BCUT2D eigenvalue weighted by Gasteiger charge is 2.09. The minimum absolute atomic E-state index is 0.106. The van der Waals surface area contributed by atoms with Crippen LogP contribution in [0.3, 0.4) is 0 Å². The largest absolute Gasteiger partial charge is 0.432 e. The maximum atomic E-state index is 11.3. The molecule has 17 heavy (non-hydrogen) atoms. The average Bonchev–Trinajstić information content (AvgIpc) is 2.85. The molecule has 3 rings (SSSR count). The number of oxazole rings is 2. The van der Waals surface area contributed by atoms with E-state index in [1.807, 2.05) is 6.07 Å². The Bertz CT molecular complexity index is 751. The Morgan fingerprint density at radius 3 is 2.94 bits per heavy atom. The third-order valence-electron chi connectivity index (χ3n) is 2.61. The van der Waals surface area contributed by atoms with E-state index in [1.165, 1.54) is 10.8 Å². The zero-order valence-electron chi connectivity index (χ0n) is 9.01. The fourth-order valence-corrected chi connectivity index (χ4v) is 1.71. The van der Waals surface area contributed by atoms with Crippen molar-refractivity contribution in [1.29, 1.82) is 0 Å². The molecule has 2 aromatic heterocycles. The second-order valence-corrected chi connectivity index (χ2v) is 3.68. The topological polar surface area (TPSA) is 87.2 Å². The van der Waals surface area contributed by atoms with Gasteiger partial charge in [-0.05, 0) is 12.1 Å². The van der Waals surface area contributed by atoms with Crippen LogP contribution in [0, 0.1) is 0 Å². The van der Waals surface area contributed by atoms with E-state index < -0.39 is 5.76 Å². The Labute approximate surface area is 95.3 Å². The summed E-state index contributed by atoms with van der Waals surface area (Å²) in [6, 6.07) is 5.46. The van der Waals surface area contributed by atoms with Crippen LogP contribution in [0.1, 0.15) is 0 Å². The number of benzene rings is 1. The van der Waals surface area contributed by atoms with Crippen LogP contribution in [0.25, 0.3) is 22.4 Å². The van der Waals surface area contributed by atoms with Gasteiger partial charge in [-0.25, -0.2) is 4.79 Å². The average molecular weight is 231 g/mol. The van der Waals surface area contributed by atoms with Crippen LogP contribution in [-0.2, 0) is 7.05 Å². The van der Waals surface area contributed by atoms with Gasteiger partial charge in [0.05, 0.1) is 5.52 Å². The molecular formula is C11H9N3O3. The first kappa shape index (κ1) is 9.71. The minimum Gasteiger partial charge on any atom is -0.432 e. The lowest BCUT2D eigenvalue weighted by Crippen LogP contribution is -2.08. The van der Waals surface area contributed by atoms with E-state index in [0.717, 1.165) is 11.1 Å². The molecule has 0 bridgehead atoms. The van der Waals surface area contributed by atoms with E-state index in [2.05, 4.69) is 4.98 Å². The van der Waals surface area contributed by atoms with E-state index in [-0.39, 0.29) is 6.01 Å². The van der Waals surface area contributed by atoms with Crippen molar-refractivity contribution >= 4 is 17.1 Å². The predicted molar refractivity (Wildman–Crippen MR) is 61.4 cm³/mol. The third-order valence-corrected chi connectivity index (χ3v) is 2.61. The highest BCUT2D eigenvalue weighted by molar-refractivity contribution is 5.79. The lowest BCUT2D eigenvalue weighted by atomic mass is 10.1. The highest BCUT2D eigenvalue weighted by Crippen LogP contribution is 2.23. The van der Waals surface area contributed by atoms with Crippen LogP contribution in [0.4, 0.5) is 6.01 Å². The third kappa shape index (κ3) is 1.42. The predicted octanol–water partition coefficient (Wildman–Crippen LogP) is 1.37. The highest BCUT2D eigenvalue weighted by atomic mass is 16.4. The lowest BCUT2D eigenvalue weighted by molar-refractivity contribution is 0.528. The molecule has 1 aromatic carbocycles. The van der Waals surface area contributed by atoms with Crippen molar-refractivity contribution < 1.29 is 8.83 Å². The summed E-state index contributed by atoms with van der Waals surface area (Å²) < 4.78 is 11.5. The summed E-state index contributed by atoms with van der Waals surface area (Å²) in [5.41, 5.74) is 8.04. The summed E-state index contributed by atoms with van der Waals surface area (Å²) in [5, 5.41) is 0. The molecule has 2 N–H and O–H groups in total. The maximum absolute atomic E-state index is 11.3. The van der Waals surface area contributed by atoms with E-state index in [1.54, 1.807) is 19.2 Å². The van der Waals surface area contributed by atoms with Gasteiger partial charge in [0.25, 0.3) is 6.01 Å². The van der Waals surface area contributed by atoms with Crippen molar-refractivity contribution in [2.24, 2.45) is 7.05 Å². The normalized spacial score (nSPS) is 11.1. The maximum Gasteiger partial charge on any atom is 0.419 e. The van der Waals surface area contributed by atoms with Gasteiger partial charge in [0.1, 0.15) is 12.0 Å². The first-order valence-electron chi connectivity index (χ1n) is 4.96. The first-order chi connectivity index (χ1) is 8.15.